The van der Waals surface area contributed by atoms with Crippen LogP contribution in [0.1, 0.15) is 25.1 Å². The summed E-state index contributed by atoms with van der Waals surface area (Å²) < 4.78 is 7.66. The summed E-state index contributed by atoms with van der Waals surface area (Å²) in [5, 5.41) is 8.25. The monoisotopic (exact) mass is 293 g/mol. The lowest BCUT2D eigenvalue weighted by molar-refractivity contribution is 0.286. The molecule has 0 saturated carbocycles. The van der Waals surface area contributed by atoms with E-state index >= 15 is 0 Å². The average molecular weight is 294 g/mol. The van der Waals surface area contributed by atoms with Crippen molar-refractivity contribution in [2.75, 3.05) is 13.7 Å². The predicted molar refractivity (Wildman–Crippen MR) is 81.3 cm³/mol. The van der Waals surface area contributed by atoms with Gasteiger partial charge in [0.15, 0.2) is 0 Å². The molecule has 20 heavy (non-hydrogen) atoms. The molecule has 5 heteroatoms. The lowest BCUT2D eigenvalue weighted by Gasteiger charge is -2.18. The van der Waals surface area contributed by atoms with Crippen molar-refractivity contribution in [3.05, 3.63) is 47.2 Å². The maximum Gasteiger partial charge on any atom is 0.119 e. The summed E-state index contributed by atoms with van der Waals surface area (Å²) in [6.45, 7) is 3.49. The third-order valence-corrected chi connectivity index (χ3v) is 3.52. The van der Waals surface area contributed by atoms with E-state index in [1.807, 2.05) is 42.1 Å². The lowest BCUT2D eigenvalue weighted by Crippen LogP contribution is -2.22. The highest BCUT2D eigenvalue weighted by Crippen LogP contribution is 2.25. The molecule has 0 radical (unpaired) electrons. The molecule has 108 valence electrons. The van der Waals surface area contributed by atoms with Crippen LogP contribution in [0.2, 0.25) is 5.02 Å². The molecule has 0 saturated heterocycles. The van der Waals surface area contributed by atoms with Gasteiger partial charge in [-0.15, -0.1) is 0 Å². The molecule has 0 aliphatic rings. The average Bonchev–Trinajstić information content (AvgIpc) is 2.86. The van der Waals surface area contributed by atoms with Gasteiger partial charge in [0, 0.05) is 13.0 Å². The topological polar surface area (TPSA) is 39.1 Å². The van der Waals surface area contributed by atoms with E-state index < -0.39 is 0 Å². The largest absolute Gasteiger partial charge is 0.494 e. The van der Waals surface area contributed by atoms with Gasteiger partial charge in [-0.25, -0.2) is 0 Å². The zero-order chi connectivity index (χ0) is 14.4. The number of benzene rings is 1. The molecule has 1 aromatic heterocycles. The van der Waals surface area contributed by atoms with Crippen molar-refractivity contribution in [3.8, 4) is 5.75 Å². The van der Waals surface area contributed by atoms with Crippen LogP contribution < -0.4 is 10.1 Å². The second-order valence-electron chi connectivity index (χ2n) is 4.48. The SMILES string of the molecule is CCn1ncc(Cl)c1C(CCOc1ccccc1)NC. The molecule has 2 aromatic rings. The number of hydrogen-bond acceptors (Lipinski definition) is 3. The van der Waals surface area contributed by atoms with Crippen LogP contribution in [0.3, 0.4) is 0 Å². The summed E-state index contributed by atoms with van der Waals surface area (Å²) >= 11 is 6.23. The summed E-state index contributed by atoms with van der Waals surface area (Å²) in [5.41, 5.74) is 1.02. The van der Waals surface area contributed by atoms with E-state index in [9.17, 15) is 0 Å². The molecule has 0 fully saturated rings. The lowest BCUT2D eigenvalue weighted by atomic mass is 10.1. The second-order valence-corrected chi connectivity index (χ2v) is 4.89. The number of hydrogen-bond donors (Lipinski definition) is 1. The zero-order valence-electron chi connectivity index (χ0n) is 11.8. The number of para-hydroxylation sites is 1. The van der Waals surface area contributed by atoms with Crippen molar-refractivity contribution in [2.24, 2.45) is 0 Å². The van der Waals surface area contributed by atoms with Gasteiger partial charge in [0.2, 0.25) is 0 Å². The summed E-state index contributed by atoms with van der Waals surface area (Å²) in [6.07, 6.45) is 2.53. The fourth-order valence-electron chi connectivity index (χ4n) is 2.20. The molecule has 0 aliphatic carbocycles. The van der Waals surface area contributed by atoms with Gasteiger partial charge in [0.1, 0.15) is 5.75 Å². The number of aryl methyl sites for hydroxylation is 1. The summed E-state index contributed by atoms with van der Waals surface area (Å²) in [6, 6.07) is 9.95. The quantitative estimate of drug-likeness (QED) is 0.851. The number of aromatic nitrogens is 2. The van der Waals surface area contributed by atoms with Crippen molar-refractivity contribution in [2.45, 2.75) is 25.9 Å². The molecule has 4 nitrogen and oxygen atoms in total. The Kier molecular flexibility index (Phi) is 5.44. The smallest absolute Gasteiger partial charge is 0.119 e. The maximum absolute atomic E-state index is 6.23. The van der Waals surface area contributed by atoms with Crippen LogP contribution in [0.15, 0.2) is 36.5 Å². The van der Waals surface area contributed by atoms with Crippen molar-refractivity contribution < 1.29 is 4.74 Å². The summed E-state index contributed by atoms with van der Waals surface area (Å²) in [4.78, 5) is 0. The van der Waals surface area contributed by atoms with Gasteiger partial charge in [-0.2, -0.15) is 5.10 Å². The molecule has 2 rings (SSSR count). The first-order valence-electron chi connectivity index (χ1n) is 6.82. The van der Waals surface area contributed by atoms with Gasteiger partial charge in [0.05, 0.1) is 29.6 Å². The van der Waals surface area contributed by atoms with E-state index in [0.29, 0.717) is 11.6 Å². The summed E-state index contributed by atoms with van der Waals surface area (Å²) in [7, 11) is 1.93. The van der Waals surface area contributed by atoms with Gasteiger partial charge in [-0.3, -0.25) is 4.68 Å². The van der Waals surface area contributed by atoms with Crippen LogP contribution in [0.4, 0.5) is 0 Å². The number of nitrogens with zero attached hydrogens (tertiary/aromatic N) is 2. The Morgan fingerprint density at radius 2 is 2.10 bits per heavy atom. The van der Waals surface area contributed by atoms with Crippen LogP contribution in [0.25, 0.3) is 0 Å². The fraction of sp³-hybridized carbons (Fsp3) is 0.400. The van der Waals surface area contributed by atoms with E-state index in [-0.39, 0.29) is 6.04 Å². The highest BCUT2D eigenvalue weighted by atomic mass is 35.5. The molecule has 1 aromatic carbocycles. The van der Waals surface area contributed by atoms with Crippen LogP contribution in [0, 0.1) is 0 Å². The Morgan fingerprint density at radius 1 is 1.35 bits per heavy atom. The Balaban J connectivity index is 1.97. The molecule has 1 heterocycles. The number of halogens is 1. The van der Waals surface area contributed by atoms with Crippen molar-refractivity contribution >= 4 is 11.6 Å². The first-order valence-corrected chi connectivity index (χ1v) is 7.20. The van der Waals surface area contributed by atoms with Crippen molar-refractivity contribution in [1.29, 1.82) is 0 Å². The third-order valence-electron chi connectivity index (χ3n) is 3.23. The molecule has 0 aliphatic heterocycles. The number of ether oxygens (including phenoxy) is 1. The van der Waals surface area contributed by atoms with Gasteiger partial charge in [-0.05, 0) is 26.1 Å². The Morgan fingerprint density at radius 3 is 2.75 bits per heavy atom. The van der Waals surface area contributed by atoms with Crippen LogP contribution in [-0.2, 0) is 6.54 Å². The zero-order valence-corrected chi connectivity index (χ0v) is 12.6. The third kappa shape index (κ3) is 3.52. The van der Waals surface area contributed by atoms with Gasteiger partial charge in [-0.1, -0.05) is 29.8 Å². The first kappa shape index (κ1) is 14.9. The molecule has 0 spiro atoms. The first-order chi connectivity index (χ1) is 9.76. The Bertz CT molecular complexity index is 527. The minimum Gasteiger partial charge on any atom is -0.494 e. The molecule has 0 amide bonds. The minimum atomic E-state index is 0.133. The van der Waals surface area contributed by atoms with E-state index in [2.05, 4.69) is 17.3 Å². The number of rotatable bonds is 7. The second kappa shape index (κ2) is 7.31. The minimum absolute atomic E-state index is 0.133. The molecule has 1 unspecified atom stereocenters. The molecule has 1 atom stereocenters. The van der Waals surface area contributed by atoms with Gasteiger partial charge < -0.3 is 10.1 Å². The predicted octanol–water partition coefficient (Wildman–Crippen LogP) is 3.29. The fourth-order valence-corrected chi connectivity index (χ4v) is 2.47. The Labute approximate surface area is 124 Å². The maximum atomic E-state index is 6.23. The highest BCUT2D eigenvalue weighted by molar-refractivity contribution is 6.31. The normalized spacial score (nSPS) is 12.3. The van der Waals surface area contributed by atoms with E-state index in [1.54, 1.807) is 6.20 Å². The molecular weight excluding hydrogens is 274 g/mol. The standard InChI is InChI=1S/C15H20ClN3O/c1-3-19-15(13(16)11-18-19)14(17-2)9-10-20-12-7-5-4-6-8-12/h4-8,11,14,17H,3,9-10H2,1-2H3. The van der Waals surface area contributed by atoms with Crippen LogP contribution in [0.5, 0.6) is 5.75 Å². The van der Waals surface area contributed by atoms with E-state index in [4.69, 9.17) is 16.3 Å². The molecule has 0 bridgehead atoms. The highest BCUT2D eigenvalue weighted by Gasteiger charge is 2.18. The summed E-state index contributed by atoms with van der Waals surface area (Å²) in [5.74, 6) is 0.887. The molecule has 1 N–H and O–H groups in total. The van der Waals surface area contributed by atoms with E-state index in [0.717, 1.165) is 24.4 Å². The van der Waals surface area contributed by atoms with Gasteiger partial charge >= 0.3 is 0 Å². The Hall–Kier alpha value is -1.52. The van der Waals surface area contributed by atoms with Gasteiger partial charge in [0.25, 0.3) is 0 Å². The van der Waals surface area contributed by atoms with Crippen LogP contribution in [-0.4, -0.2) is 23.4 Å². The van der Waals surface area contributed by atoms with Crippen LogP contribution >= 0.6 is 11.6 Å². The van der Waals surface area contributed by atoms with Crippen molar-refractivity contribution in [1.82, 2.24) is 15.1 Å². The molecular formula is C15H20ClN3O. The van der Waals surface area contributed by atoms with Crippen molar-refractivity contribution in [3.63, 3.8) is 0 Å². The van der Waals surface area contributed by atoms with E-state index in [1.165, 1.54) is 0 Å². The number of nitrogens with one attached hydrogen (secondary N) is 1.